The van der Waals surface area contributed by atoms with Crippen LogP contribution in [0.2, 0.25) is 0 Å². The molecule has 18 heavy (non-hydrogen) atoms. The van der Waals surface area contributed by atoms with Crippen molar-refractivity contribution in [2.75, 3.05) is 25.1 Å². The molecule has 0 amide bonds. The Balaban J connectivity index is 1.72. The molecule has 2 heterocycles. The molecule has 1 aromatic rings. The third kappa shape index (κ3) is 2.33. The lowest BCUT2D eigenvalue weighted by Crippen LogP contribution is -2.37. The van der Waals surface area contributed by atoms with E-state index in [2.05, 4.69) is 15.3 Å². The van der Waals surface area contributed by atoms with Crippen molar-refractivity contribution in [3.63, 3.8) is 0 Å². The summed E-state index contributed by atoms with van der Waals surface area (Å²) in [6.07, 6.45) is 6.78. The first-order valence-corrected chi connectivity index (χ1v) is 6.64. The van der Waals surface area contributed by atoms with Crippen LogP contribution in [0.1, 0.15) is 30.5 Å². The van der Waals surface area contributed by atoms with Gasteiger partial charge in [-0.05, 0) is 25.7 Å². The fourth-order valence-corrected chi connectivity index (χ4v) is 2.66. The molecule has 1 aliphatic carbocycles. The minimum atomic E-state index is -0.744. The first-order valence-electron chi connectivity index (χ1n) is 6.64. The van der Waals surface area contributed by atoms with E-state index < -0.39 is 5.60 Å². The maximum Gasteiger partial charge on any atom is 0.132 e. The van der Waals surface area contributed by atoms with E-state index in [1.165, 1.54) is 18.4 Å². The quantitative estimate of drug-likeness (QED) is 0.833. The molecule has 0 unspecified atom stereocenters. The minimum Gasteiger partial charge on any atom is -0.386 e. The Morgan fingerprint density at radius 2 is 2.22 bits per heavy atom. The molecule has 1 saturated heterocycles. The highest BCUT2D eigenvalue weighted by atomic mass is 16.5. The largest absolute Gasteiger partial charge is 0.386 e. The van der Waals surface area contributed by atoms with Gasteiger partial charge in [-0.25, -0.2) is 9.97 Å². The van der Waals surface area contributed by atoms with Gasteiger partial charge in [-0.1, -0.05) is 0 Å². The maximum atomic E-state index is 10.2. The Labute approximate surface area is 107 Å². The summed E-state index contributed by atoms with van der Waals surface area (Å²) in [7, 11) is 0. The lowest BCUT2D eigenvalue weighted by atomic mass is 9.96. The lowest BCUT2D eigenvalue weighted by molar-refractivity contribution is 0.0381. The van der Waals surface area contributed by atoms with Crippen LogP contribution in [-0.2, 0) is 17.6 Å². The van der Waals surface area contributed by atoms with E-state index in [0.717, 1.165) is 24.4 Å². The third-order valence-corrected chi connectivity index (χ3v) is 3.79. The molecular formula is C13H19N3O2. The van der Waals surface area contributed by atoms with Crippen molar-refractivity contribution in [3.8, 4) is 0 Å². The van der Waals surface area contributed by atoms with E-state index >= 15 is 0 Å². The molecule has 1 atom stereocenters. The Bertz CT molecular complexity index is 430. The van der Waals surface area contributed by atoms with Gasteiger partial charge < -0.3 is 15.2 Å². The summed E-state index contributed by atoms with van der Waals surface area (Å²) in [5, 5.41) is 13.5. The first kappa shape index (κ1) is 11.9. The van der Waals surface area contributed by atoms with Crippen LogP contribution in [0, 0.1) is 0 Å². The molecule has 2 N–H and O–H groups in total. The minimum absolute atomic E-state index is 0.410. The molecule has 0 spiro atoms. The van der Waals surface area contributed by atoms with Crippen LogP contribution < -0.4 is 5.32 Å². The number of aliphatic hydroxyl groups is 1. The van der Waals surface area contributed by atoms with E-state index in [9.17, 15) is 5.11 Å². The van der Waals surface area contributed by atoms with Gasteiger partial charge in [0.25, 0.3) is 0 Å². The van der Waals surface area contributed by atoms with Gasteiger partial charge in [-0.15, -0.1) is 0 Å². The average molecular weight is 249 g/mol. The number of nitrogens with one attached hydrogen (secondary N) is 1. The summed E-state index contributed by atoms with van der Waals surface area (Å²) in [6, 6.07) is 0. The molecule has 1 fully saturated rings. The van der Waals surface area contributed by atoms with Gasteiger partial charge in [0, 0.05) is 30.8 Å². The zero-order chi connectivity index (χ0) is 12.4. The number of aryl methyl sites for hydroxylation is 1. The van der Waals surface area contributed by atoms with Crippen LogP contribution in [0.15, 0.2) is 6.33 Å². The van der Waals surface area contributed by atoms with Crippen molar-refractivity contribution in [2.24, 2.45) is 0 Å². The summed E-state index contributed by atoms with van der Waals surface area (Å²) in [6.45, 7) is 1.55. The number of ether oxygens (including phenoxy) is 1. The average Bonchev–Trinajstić information content (AvgIpc) is 2.84. The zero-order valence-electron chi connectivity index (χ0n) is 10.5. The van der Waals surface area contributed by atoms with Crippen LogP contribution >= 0.6 is 0 Å². The molecule has 5 heteroatoms. The van der Waals surface area contributed by atoms with Crippen LogP contribution in [0.4, 0.5) is 5.82 Å². The second-order valence-corrected chi connectivity index (χ2v) is 5.24. The molecule has 5 nitrogen and oxygen atoms in total. The molecule has 1 aromatic heterocycles. The van der Waals surface area contributed by atoms with Gasteiger partial charge in [-0.2, -0.15) is 0 Å². The first-order chi connectivity index (χ1) is 8.77. The highest BCUT2D eigenvalue weighted by molar-refractivity contribution is 5.47. The molecule has 0 radical (unpaired) electrons. The van der Waals surface area contributed by atoms with Gasteiger partial charge in [0.2, 0.25) is 0 Å². The fourth-order valence-electron chi connectivity index (χ4n) is 2.66. The van der Waals surface area contributed by atoms with Crippen LogP contribution in [0.25, 0.3) is 0 Å². The highest BCUT2D eigenvalue weighted by Gasteiger charge is 2.32. The Hall–Kier alpha value is -1.20. The standard InChI is InChI=1S/C13H19N3O2/c17-13(5-6-18-8-13)7-14-12-10-3-1-2-4-11(10)15-9-16-12/h9,17H,1-8H2,(H,14,15,16)/t13-/m0/s1. The van der Waals surface area contributed by atoms with Gasteiger partial charge >= 0.3 is 0 Å². The Kier molecular flexibility index (Phi) is 3.18. The van der Waals surface area contributed by atoms with E-state index in [1.807, 2.05) is 0 Å². The molecule has 2 aliphatic rings. The zero-order valence-corrected chi connectivity index (χ0v) is 10.5. The second-order valence-electron chi connectivity index (χ2n) is 5.24. The molecule has 0 aromatic carbocycles. The molecule has 98 valence electrons. The monoisotopic (exact) mass is 249 g/mol. The Morgan fingerprint density at radius 1 is 1.33 bits per heavy atom. The topological polar surface area (TPSA) is 67.3 Å². The van der Waals surface area contributed by atoms with Gasteiger partial charge in [0.1, 0.15) is 17.7 Å². The van der Waals surface area contributed by atoms with Crippen molar-refractivity contribution in [2.45, 2.75) is 37.7 Å². The SMILES string of the molecule is O[C@]1(CNc2ncnc3c2CCCC3)CCOC1. The van der Waals surface area contributed by atoms with Crippen molar-refractivity contribution in [1.82, 2.24) is 9.97 Å². The van der Waals surface area contributed by atoms with E-state index in [4.69, 9.17) is 4.74 Å². The molecule has 3 rings (SSSR count). The fraction of sp³-hybridized carbons (Fsp3) is 0.692. The van der Waals surface area contributed by atoms with E-state index in [-0.39, 0.29) is 0 Å². The van der Waals surface area contributed by atoms with Crippen LogP contribution in [0.5, 0.6) is 0 Å². The van der Waals surface area contributed by atoms with E-state index in [1.54, 1.807) is 6.33 Å². The summed E-state index contributed by atoms with van der Waals surface area (Å²) in [4.78, 5) is 8.65. The van der Waals surface area contributed by atoms with Crippen LogP contribution in [0.3, 0.4) is 0 Å². The van der Waals surface area contributed by atoms with Crippen molar-refractivity contribution in [1.29, 1.82) is 0 Å². The van der Waals surface area contributed by atoms with Crippen molar-refractivity contribution in [3.05, 3.63) is 17.6 Å². The number of hydrogen-bond acceptors (Lipinski definition) is 5. The second kappa shape index (κ2) is 4.82. The van der Waals surface area contributed by atoms with Gasteiger partial charge in [-0.3, -0.25) is 0 Å². The summed E-state index contributed by atoms with van der Waals surface area (Å²) in [5.74, 6) is 0.889. The van der Waals surface area contributed by atoms with Crippen molar-refractivity contribution < 1.29 is 9.84 Å². The predicted octanol–water partition coefficient (Wildman–Crippen LogP) is 0.919. The third-order valence-electron chi connectivity index (χ3n) is 3.79. The van der Waals surface area contributed by atoms with Gasteiger partial charge in [0.15, 0.2) is 0 Å². The summed E-state index contributed by atoms with van der Waals surface area (Å²) >= 11 is 0. The van der Waals surface area contributed by atoms with Crippen molar-refractivity contribution >= 4 is 5.82 Å². The number of nitrogens with zero attached hydrogens (tertiary/aromatic N) is 2. The molecule has 0 bridgehead atoms. The lowest BCUT2D eigenvalue weighted by Gasteiger charge is -2.23. The number of fused-ring (bicyclic) bond motifs is 1. The molecule has 0 saturated carbocycles. The number of anilines is 1. The normalized spacial score (nSPS) is 26.9. The number of rotatable bonds is 3. The molecule has 1 aliphatic heterocycles. The predicted molar refractivity (Wildman–Crippen MR) is 67.5 cm³/mol. The molecular weight excluding hydrogens is 230 g/mol. The summed E-state index contributed by atoms with van der Waals surface area (Å²) in [5.41, 5.74) is 1.65. The smallest absolute Gasteiger partial charge is 0.132 e. The highest BCUT2D eigenvalue weighted by Crippen LogP contribution is 2.25. The number of hydrogen-bond donors (Lipinski definition) is 2. The van der Waals surface area contributed by atoms with Crippen LogP contribution in [-0.4, -0.2) is 40.4 Å². The number of aromatic nitrogens is 2. The maximum absolute atomic E-state index is 10.2. The van der Waals surface area contributed by atoms with E-state index in [0.29, 0.717) is 26.2 Å². The summed E-state index contributed by atoms with van der Waals surface area (Å²) < 4.78 is 5.24. The van der Waals surface area contributed by atoms with Gasteiger partial charge in [0.05, 0.1) is 6.61 Å². The Morgan fingerprint density at radius 3 is 3.06 bits per heavy atom.